The highest BCUT2D eigenvalue weighted by Crippen LogP contribution is 2.33. The second-order valence-corrected chi connectivity index (χ2v) is 8.23. The fourth-order valence-electron chi connectivity index (χ4n) is 3.83. The largest absolute Gasteiger partial charge is 0.493 e. The zero-order valence-electron chi connectivity index (χ0n) is 16.2. The normalized spacial score (nSPS) is 19.1. The van der Waals surface area contributed by atoms with Gasteiger partial charge >= 0.3 is 5.97 Å². The van der Waals surface area contributed by atoms with E-state index in [2.05, 4.69) is 11.0 Å². The van der Waals surface area contributed by atoms with Crippen LogP contribution >= 0.6 is 23.2 Å². The van der Waals surface area contributed by atoms with Crippen molar-refractivity contribution in [1.29, 1.82) is 0 Å². The van der Waals surface area contributed by atoms with Gasteiger partial charge in [0.2, 0.25) is 0 Å². The monoisotopic (exact) mass is 435 g/mol. The number of hydrogen-bond acceptors (Lipinski definition) is 5. The third-order valence-corrected chi connectivity index (χ3v) is 6.28. The maximum Gasteiger partial charge on any atom is 0.311 e. The molecule has 1 fully saturated rings. The number of fused-ring (bicyclic) bond motifs is 1. The summed E-state index contributed by atoms with van der Waals surface area (Å²) in [6, 6.07) is 11.7. The first-order chi connectivity index (χ1) is 14.0. The molecule has 0 saturated carbocycles. The third kappa shape index (κ3) is 4.47. The molecular formula is C22H23Cl2NO4. The van der Waals surface area contributed by atoms with E-state index in [0.29, 0.717) is 29.7 Å². The van der Waals surface area contributed by atoms with Crippen LogP contribution in [0, 0.1) is 5.92 Å². The van der Waals surface area contributed by atoms with Crippen LogP contribution in [0.2, 0.25) is 10.0 Å². The number of carbonyl (C=O) groups is 1. The van der Waals surface area contributed by atoms with E-state index in [-0.39, 0.29) is 17.9 Å². The van der Waals surface area contributed by atoms with Crippen LogP contribution in [0.1, 0.15) is 11.1 Å². The summed E-state index contributed by atoms with van der Waals surface area (Å²) >= 11 is 12.4. The SMILES string of the molecule is COC(=O)C1CN(C2COc3cc(OCCc4c(Cl)cccc4Cl)ccc3C2)C1. The van der Waals surface area contributed by atoms with Crippen molar-refractivity contribution in [2.45, 2.75) is 18.9 Å². The Balaban J connectivity index is 1.31. The van der Waals surface area contributed by atoms with Crippen molar-refractivity contribution in [3.05, 3.63) is 57.6 Å². The Labute approximate surface area is 180 Å². The molecule has 1 atom stereocenters. The minimum absolute atomic E-state index is 0.0104. The zero-order valence-corrected chi connectivity index (χ0v) is 17.7. The number of carbonyl (C=O) groups excluding carboxylic acids is 1. The van der Waals surface area contributed by atoms with Crippen LogP contribution < -0.4 is 9.47 Å². The molecule has 2 aromatic carbocycles. The number of ether oxygens (including phenoxy) is 3. The first-order valence-electron chi connectivity index (χ1n) is 9.68. The highest BCUT2D eigenvalue weighted by atomic mass is 35.5. The number of methoxy groups -OCH3 is 1. The van der Waals surface area contributed by atoms with Gasteiger partial charge in [-0.05, 0) is 35.7 Å². The lowest BCUT2D eigenvalue weighted by Gasteiger charge is -2.44. The van der Waals surface area contributed by atoms with Gasteiger partial charge in [0.05, 0.1) is 19.6 Å². The standard InChI is InChI=1S/C22H23Cl2NO4/c1-27-22(26)15-11-25(12-15)16-9-14-5-6-17(10-21(14)29-13-16)28-8-7-18-19(23)3-2-4-20(18)24/h2-6,10,15-16H,7-9,11-13H2,1H3. The van der Waals surface area contributed by atoms with Gasteiger partial charge in [-0.25, -0.2) is 0 Å². The number of rotatable bonds is 6. The van der Waals surface area contributed by atoms with Crippen molar-refractivity contribution < 1.29 is 19.0 Å². The number of likely N-dealkylation sites (tertiary alicyclic amines) is 1. The van der Waals surface area contributed by atoms with Gasteiger partial charge in [-0.2, -0.15) is 0 Å². The Hall–Kier alpha value is -1.95. The average molecular weight is 436 g/mol. The molecule has 2 aliphatic heterocycles. The number of hydrogen-bond donors (Lipinski definition) is 0. The fourth-order valence-corrected chi connectivity index (χ4v) is 4.42. The molecule has 0 amide bonds. The van der Waals surface area contributed by atoms with Crippen molar-refractivity contribution >= 4 is 29.2 Å². The first-order valence-corrected chi connectivity index (χ1v) is 10.4. The van der Waals surface area contributed by atoms with Crippen LogP contribution in [0.3, 0.4) is 0 Å². The lowest BCUT2D eigenvalue weighted by molar-refractivity contribution is -0.153. The van der Waals surface area contributed by atoms with Crippen LogP contribution in [0.4, 0.5) is 0 Å². The van der Waals surface area contributed by atoms with Gasteiger partial charge in [0, 0.05) is 41.7 Å². The van der Waals surface area contributed by atoms with Crippen molar-refractivity contribution in [2.24, 2.45) is 5.92 Å². The maximum atomic E-state index is 11.6. The summed E-state index contributed by atoms with van der Waals surface area (Å²) in [6.45, 7) is 2.57. The summed E-state index contributed by atoms with van der Waals surface area (Å²) in [5.41, 5.74) is 2.05. The third-order valence-electron chi connectivity index (χ3n) is 5.57. The summed E-state index contributed by atoms with van der Waals surface area (Å²) < 4.78 is 16.7. The van der Waals surface area contributed by atoms with Gasteiger partial charge in [0.15, 0.2) is 0 Å². The molecule has 2 aromatic rings. The Kier molecular flexibility index (Phi) is 6.18. The van der Waals surface area contributed by atoms with Gasteiger partial charge in [-0.3, -0.25) is 9.69 Å². The predicted octanol–water partition coefficient (Wildman–Crippen LogP) is 4.02. The smallest absolute Gasteiger partial charge is 0.311 e. The fraction of sp³-hybridized carbons (Fsp3) is 0.409. The Morgan fingerprint density at radius 2 is 1.97 bits per heavy atom. The quantitative estimate of drug-likeness (QED) is 0.641. The number of nitrogens with zero attached hydrogens (tertiary/aromatic N) is 1. The highest BCUT2D eigenvalue weighted by molar-refractivity contribution is 6.35. The molecule has 7 heteroatoms. The van der Waals surface area contributed by atoms with E-state index in [1.54, 1.807) is 0 Å². The molecular weight excluding hydrogens is 413 g/mol. The zero-order chi connectivity index (χ0) is 20.4. The van der Waals surface area contributed by atoms with E-state index in [4.69, 9.17) is 37.4 Å². The van der Waals surface area contributed by atoms with Crippen LogP contribution in [-0.4, -0.2) is 50.3 Å². The summed E-state index contributed by atoms with van der Waals surface area (Å²) in [7, 11) is 1.44. The van der Waals surface area contributed by atoms with Gasteiger partial charge in [-0.1, -0.05) is 35.3 Å². The molecule has 0 radical (unpaired) electrons. The summed E-state index contributed by atoms with van der Waals surface area (Å²) in [5, 5.41) is 1.31. The van der Waals surface area contributed by atoms with Crippen molar-refractivity contribution in [1.82, 2.24) is 4.90 Å². The molecule has 2 heterocycles. The maximum absolute atomic E-state index is 11.6. The van der Waals surface area contributed by atoms with Gasteiger partial charge in [0.1, 0.15) is 18.1 Å². The summed E-state index contributed by atoms with van der Waals surface area (Å²) in [4.78, 5) is 13.8. The van der Waals surface area contributed by atoms with Crippen LogP contribution in [0.15, 0.2) is 36.4 Å². The molecule has 4 rings (SSSR count). The van der Waals surface area contributed by atoms with Crippen molar-refractivity contribution in [3.8, 4) is 11.5 Å². The molecule has 0 spiro atoms. The molecule has 0 N–H and O–H groups in total. The second kappa shape index (κ2) is 8.82. The predicted molar refractivity (Wildman–Crippen MR) is 112 cm³/mol. The Morgan fingerprint density at radius 3 is 2.69 bits per heavy atom. The number of halogens is 2. The molecule has 5 nitrogen and oxygen atoms in total. The molecule has 1 unspecified atom stereocenters. The highest BCUT2D eigenvalue weighted by Gasteiger charge is 2.39. The molecule has 1 saturated heterocycles. The molecule has 0 bridgehead atoms. The van der Waals surface area contributed by atoms with Gasteiger partial charge in [0.25, 0.3) is 0 Å². The van der Waals surface area contributed by atoms with E-state index in [1.165, 1.54) is 7.11 Å². The second-order valence-electron chi connectivity index (χ2n) is 7.41. The topological polar surface area (TPSA) is 48.0 Å². The van der Waals surface area contributed by atoms with E-state index in [1.807, 2.05) is 30.3 Å². The van der Waals surface area contributed by atoms with E-state index < -0.39 is 0 Å². The summed E-state index contributed by atoms with van der Waals surface area (Å²) in [6.07, 6.45) is 1.54. The average Bonchev–Trinajstić information content (AvgIpc) is 2.69. The van der Waals surface area contributed by atoms with E-state index >= 15 is 0 Å². The molecule has 154 valence electrons. The van der Waals surface area contributed by atoms with Crippen LogP contribution in [-0.2, 0) is 22.4 Å². The molecule has 2 aliphatic rings. The van der Waals surface area contributed by atoms with Gasteiger partial charge in [-0.15, -0.1) is 0 Å². The van der Waals surface area contributed by atoms with Crippen LogP contribution in [0.25, 0.3) is 0 Å². The Morgan fingerprint density at radius 1 is 1.21 bits per heavy atom. The van der Waals surface area contributed by atoms with E-state index in [0.717, 1.165) is 42.1 Å². The first kappa shape index (κ1) is 20.3. The minimum Gasteiger partial charge on any atom is -0.493 e. The number of esters is 1. The van der Waals surface area contributed by atoms with Crippen LogP contribution in [0.5, 0.6) is 11.5 Å². The minimum atomic E-state index is -0.127. The van der Waals surface area contributed by atoms with Crippen molar-refractivity contribution in [3.63, 3.8) is 0 Å². The number of benzene rings is 2. The lowest BCUT2D eigenvalue weighted by Crippen LogP contribution is -2.57. The van der Waals surface area contributed by atoms with E-state index in [9.17, 15) is 4.79 Å². The van der Waals surface area contributed by atoms with Crippen molar-refractivity contribution in [2.75, 3.05) is 33.4 Å². The van der Waals surface area contributed by atoms with Gasteiger partial charge < -0.3 is 14.2 Å². The molecule has 29 heavy (non-hydrogen) atoms. The summed E-state index contributed by atoms with van der Waals surface area (Å²) in [5.74, 6) is 1.49. The lowest BCUT2D eigenvalue weighted by atomic mass is 9.93. The molecule has 0 aliphatic carbocycles. The molecule has 0 aromatic heterocycles. The Bertz CT molecular complexity index is 878.